The minimum Gasteiger partial charge on any atom is -0.495 e. The van der Waals surface area contributed by atoms with Gasteiger partial charge in [0.25, 0.3) is 0 Å². The van der Waals surface area contributed by atoms with Crippen molar-refractivity contribution in [2.45, 2.75) is 10.9 Å². The summed E-state index contributed by atoms with van der Waals surface area (Å²) in [6, 6.07) is 12.4. The number of halogens is 2. The largest absolute Gasteiger partial charge is 0.495 e. The van der Waals surface area contributed by atoms with Crippen LogP contribution in [-0.4, -0.2) is 19.9 Å². The smallest absolute Gasteiger partial charge is 0.137 e. The maximum Gasteiger partial charge on any atom is 0.137 e. The van der Waals surface area contributed by atoms with E-state index in [1.807, 2.05) is 25.2 Å². The molecule has 0 spiro atoms. The van der Waals surface area contributed by atoms with Crippen LogP contribution in [0.25, 0.3) is 0 Å². The SMILES string of the molecule is CNC(CSc1ccc(F)cc1)c1ccc(Cl)c(OC)c1. The lowest BCUT2D eigenvalue weighted by Crippen LogP contribution is -2.18. The van der Waals surface area contributed by atoms with E-state index in [1.54, 1.807) is 31.0 Å². The average molecular weight is 326 g/mol. The maximum absolute atomic E-state index is 12.9. The molecule has 0 aliphatic rings. The molecule has 0 amide bonds. The third-order valence-corrected chi connectivity index (χ3v) is 4.57. The van der Waals surface area contributed by atoms with Crippen LogP contribution < -0.4 is 10.1 Å². The van der Waals surface area contributed by atoms with E-state index >= 15 is 0 Å². The van der Waals surface area contributed by atoms with E-state index in [0.29, 0.717) is 10.8 Å². The second-order valence-corrected chi connectivity index (χ2v) is 6.00. The van der Waals surface area contributed by atoms with Crippen molar-refractivity contribution in [1.29, 1.82) is 0 Å². The molecule has 0 bridgehead atoms. The normalized spacial score (nSPS) is 12.2. The molecule has 2 aromatic carbocycles. The van der Waals surface area contributed by atoms with Gasteiger partial charge in [0.15, 0.2) is 0 Å². The van der Waals surface area contributed by atoms with Crippen LogP contribution in [0.3, 0.4) is 0 Å². The molecule has 1 unspecified atom stereocenters. The topological polar surface area (TPSA) is 21.3 Å². The van der Waals surface area contributed by atoms with Gasteiger partial charge in [-0.3, -0.25) is 0 Å². The van der Waals surface area contributed by atoms with E-state index < -0.39 is 0 Å². The molecule has 0 aliphatic heterocycles. The highest BCUT2D eigenvalue weighted by molar-refractivity contribution is 7.99. The van der Waals surface area contributed by atoms with E-state index in [0.717, 1.165) is 16.2 Å². The molecule has 21 heavy (non-hydrogen) atoms. The van der Waals surface area contributed by atoms with Crippen LogP contribution in [0.4, 0.5) is 4.39 Å². The molecule has 1 atom stereocenters. The van der Waals surface area contributed by atoms with Gasteiger partial charge in [-0.15, -0.1) is 11.8 Å². The summed E-state index contributed by atoms with van der Waals surface area (Å²) in [6.07, 6.45) is 0. The quantitative estimate of drug-likeness (QED) is 0.788. The van der Waals surface area contributed by atoms with Gasteiger partial charge < -0.3 is 10.1 Å². The maximum atomic E-state index is 12.9. The lowest BCUT2D eigenvalue weighted by atomic mass is 10.1. The van der Waals surface area contributed by atoms with Gasteiger partial charge >= 0.3 is 0 Å². The molecule has 2 aromatic rings. The fourth-order valence-corrected chi connectivity index (χ4v) is 3.19. The van der Waals surface area contributed by atoms with Crippen molar-refractivity contribution >= 4 is 23.4 Å². The number of hydrogen-bond donors (Lipinski definition) is 1. The number of ether oxygens (including phenoxy) is 1. The van der Waals surface area contributed by atoms with Gasteiger partial charge in [-0.25, -0.2) is 4.39 Å². The van der Waals surface area contributed by atoms with Crippen LogP contribution in [0.1, 0.15) is 11.6 Å². The van der Waals surface area contributed by atoms with Crippen LogP contribution in [0.2, 0.25) is 5.02 Å². The molecule has 5 heteroatoms. The van der Waals surface area contributed by atoms with Crippen molar-refractivity contribution in [3.05, 3.63) is 58.9 Å². The van der Waals surface area contributed by atoms with Crippen molar-refractivity contribution in [1.82, 2.24) is 5.32 Å². The lowest BCUT2D eigenvalue weighted by molar-refractivity contribution is 0.414. The van der Waals surface area contributed by atoms with E-state index in [2.05, 4.69) is 5.32 Å². The van der Waals surface area contributed by atoms with Crippen LogP contribution in [0.15, 0.2) is 47.4 Å². The van der Waals surface area contributed by atoms with Crippen LogP contribution in [-0.2, 0) is 0 Å². The molecular formula is C16H17ClFNOS. The first-order valence-electron chi connectivity index (χ1n) is 6.53. The van der Waals surface area contributed by atoms with Gasteiger partial charge in [0.1, 0.15) is 11.6 Å². The van der Waals surface area contributed by atoms with Gasteiger partial charge in [-0.05, 0) is 49.0 Å². The minimum absolute atomic E-state index is 0.159. The predicted octanol–water partition coefficient (Wildman–Crippen LogP) is 4.54. The Balaban J connectivity index is 2.07. The molecule has 0 aromatic heterocycles. The summed E-state index contributed by atoms with van der Waals surface area (Å²) in [5, 5.41) is 3.88. The summed E-state index contributed by atoms with van der Waals surface area (Å²) < 4.78 is 18.1. The number of nitrogens with one attached hydrogen (secondary N) is 1. The standard InChI is InChI=1S/C16H17ClFNOS/c1-19-15(10-21-13-6-4-12(18)5-7-13)11-3-8-14(17)16(9-11)20-2/h3-9,15,19H,10H2,1-2H3. The summed E-state index contributed by atoms with van der Waals surface area (Å²) in [5.74, 6) is 1.28. The Morgan fingerprint density at radius 3 is 2.57 bits per heavy atom. The van der Waals surface area contributed by atoms with Gasteiger partial charge in [0.05, 0.1) is 12.1 Å². The first-order valence-corrected chi connectivity index (χ1v) is 7.89. The molecule has 0 saturated carbocycles. The Morgan fingerprint density at radius 2 is 1.95 bits per heavy atom. The summed E-state index contributed by atoms with van der Waals surface area (Å²) in [5.41, 5.74) is 1.10. The Morgan fingerprint density at radius 1 is 1.24 bits per heavy atom. The van der Waals surface area contributed by atoms with Crippen LogP contribution in [0.5, 0.6) is 5.75 Å². The third kappa shape index (κ3) is 4.37. The molecule has 112 valence electrons. The zero-order chi connectivity index (χ0) is 15.2. The molecule has 0 saturated heterocycles. The zero-order valence-corrected chi connectivity index (χ0v) is 13.5. The van der Waals surface area contributed by atoms with Crippen molar-refractivity contribution in [3.63, 3.8) is 0 Å². The van der Waals surface area contributed by atoms with E-state index in [1.165, 1.54) is 12.1 Å². The number of rotatable bonds is 6. The number of hydrogen-bond acceptors (Lipinski definition) is 3. The Labute approximate surface area is 133 Å². The predicted molar refractivity (Wildman–Crippen MR) is 86.9 cm³/mol. The van der Waals surface area contributed by atoms with Crippen LogP contribution >= 0.6 is 23.4 Å². The summed E-state index contributed by atoms with van der Waals surface area (Å²) in [6.45, 7) is 0. The second kappa shape index (κ2) is 7.69. The Kier molecular flexibility index (Phi) is 5.91. The van der Waals surface area contributed by atoms with Gasteiger partial charge in [0.2, 0.25) is 0 Å². The second-order valence-electron chi connectivity index (χ2n) is 4.50. The fourth-order valence-electron chi connectivity index (χ4n) is 1.95. The summed E-state index contributed by atoms with van der Waals surface area (Å²) in [7, 11) is 3.52. The summed E-state index contributed by atoms with van der Waals surface area (Å²) in [4.78, 5) is 1.04. The first kappa shape index (κ1) is 16.1. The zero-order valence-electron chi connectivity index (χ0n) is 11.9. The molecular weight excluding hydrogens is 309 g/mol. The van der Waals surface area contributed by atoms with Crippen molar-refractivity contribution in [2.24, 2.45) is 0 Å². The van der Waals surface area contributed by atoms with Crippen molar-refractivity contribution in [2.75, 3.05) is 19.9 Å². The Bertz CT molecular complexity index is 591. The van der Waals surface area contributed by atoms with E-state index in [-0.39, 0.29) is 11.9 Å². The van der Waals surface area contributed by atoms with Gasteiger partial charge in [-0.2, -0.15) is 0 Å². The number of thioether (sulfide) groups is 1. The van der Waals surface area contributed by atoms with Gasteiger partial charge in [0, 0.05) is 16.7 Å². The number of benzene rings is 2. The highest BCUT2D eigenvalue weighted by Gasteiger charge is 2.12. The molecule has 0 radical (unpaired) electrons. The molecule has 0 aliphatic carbocycles. The summed E-state index contributed by atoms with van der Waals surface area (Å²) >= 11 is 7.72. The van der Waals surface area contributed by atoms with E-state index in [4.69, 9.17) is 16.3 Å². The van der Waals surface area contributed by atoms with Crippen molar-refractivity contribution < 1.29 is 9.13 Å². The lowest BCUT2D eigenvalue weighted by Gasteiger charge is -2.17. The van der Waals surface area contributed by atoms with Gasteiger partial charge in [-0.1, -0.05) is 17.7 Å². The third-order valence-electron chi connectivity index (χ3n) is 3.16. The van der Waals surface area contributed by atoms with Crippen LogP contribution in [0, 0.1) is 5.82 Å². The molecule has 0 fully saturated rings. The Hall–Kier alpha value is -1.23. The molecule has 2 nitrogen and oxygen atoms in total. The van der Waals surface area contributed by atoms with Crippen molar-refractivity contribution in [3.8, 4) is 5.75 Å². The fraction of sp³-hybridized carbons (Fsp3) is 0.250. The molecule has 1 N–H and O–H groups in total. The molecule has 2 rings (SSSR count). The minimum atomic E-state index is -0.216. The monoisotopic (exact) mass is 325 g/mol. The van der Waals surface area contributed by atoms with E-state index in [9.17, 15) is 4.39 Å². The first-order chi connectivity index (χ1) is 10.1. The molecule has 0 heterocycles. The highest BCUT2D eigenvalue weighted by atomic mass is 35.5. The average Bonchev–Trinajstić information content (AvgIpc) is 2.51. The highest BCUT2D eigenvalue weighted by Crippen LogP contribution is 2.30. The number of methoxy groups -OCH3 is 1.